The Hall–Kier alpha value is -1.41. The van der Waals surface area contributed by atoms with Crippen LogP contribution in [0, 0.1) is 0 Å². The van der Waals surface area contributed by atoms with Gasteiger partial charge in [0.15, 0.2) is 5.96 Å². The molecule has 1 aliphatic heterocycles. The molecule has 1 saturated heterocycles. The van der Waals surface area contributed by atoms with E-state index in [9.17, 15) is 0 Å². The number of hydrogen-bond acceptors (Lipinski definition) is 6. The molecular weight excluding hydrogens is 334 g/mol. The van der Waals surface area contributed by atoms with Crippen molar-refractivity contribution in [1.82, 2.24) is 24.9 Å². The average Bonchev–Trinajstić information content (AvgIpc) is 3.06. The number of rotatable bonds is 6. The summed E-state index contributed by atoms with van der Waals surface area (Å²) < 4.78 is 4.40. The molecule has 1 fully saturated rings. The van der Waals surface area contributed by atoms with Crippen LogP contribution >= 0.6 is 11.5 Å². The van der Waals surface area contributed by atoms with E-state index in [0.717, 1.165) is 69.1 Å². The van der Waals surface area contributed by atoms with E-state index >= 15 is 0 Å². The Morgan fingerprint density at radius 3 is 2.48 bits per heavy atom. The lowest BCUT2D eigenvalue weighted by Crippen LogP contribution is -2.52. The molecular formula is C17H33N7S. The molecule has 2 N–H and O–H groups in total. The summed E-state index contributed by atoms with van der Waals surface area (Å²) in [5.74, 6) is 1.97. The minimum Gasteiger partial charge on any atom is -0.357 e. The highest BCUT2D eigenvalue weighted by molar-refractivity contribution is 7.09. The lowest BCUT2D eigenvalue weighted by molar-refractivity contribution is 0.371. The van der Waals surface area contributed by atoms with E-state index in [2.05, 4.69) is 64.4 Å². The van der Waals surface area contributed by atoms with Gasteiger partial charge in [-0.1, -0.05) is 6.92 Å². The molecule has 142 valence electrons. The molecule has 7 nitrogen and oxygen atoms in total. The fraction of sp³-hybridized carbons (Fsp3) is 0.824. The fourth-order valence-electron chi connectivity index (χ4n) is 2.64. The third kappa shape index (κ3) is 6.43. The van der Waals surface area contributed by atoms with E-state index < -0.39 is 0 Å². The standard InChI is InChI=1S/C17H33N7S/c1-6-14-21-16(25-22-14)24-12-10-23(11-13-24)15(18-7-2)19-8-9-20-17(3,4)5/h20H,6-13H2,1-5H3,(H,18,19). The van der Waals surface area contributed by atoms with Gasteiger partial charge in [-0.2, -0.15) is 4.37 Å². The first-order valence-corrected chi connectivity index (χ1v) is 10.1. The van der Waals surface area contributed by atoms with Crippen LogP contribution in [0.5, 0.6) is 0 Å². The predicted octanol–water partition coefficient (Wildman–Crippen LogP) is 1.58. The quantitative estimate of drug-likeness (QED) is 0.452. The molecule has 1 aromatic rings. The number of nitrogens with one attached hydrogen (secondary N) is 2. The Morgan fingerprint density at radius 1 is 1.20 bits per heavy atom. The van der Waals surface area contributed by atoms with Crippen LogP contribution in [-0.4, -0.2) is 71.6 Å². The van der Waals surface area contributed by atoms with Crippen molar-refractivity contribution in [1.29, 1.82) is 0 Å². The molecule has 0 spiro atoms. The maximum absolute atomic E-state index is 4.78. The molecule has 0 unspecified atom stereocenters. The predicted molar refractivity (Wildman–Crippen MR) is 107 cm³/mol. The van der Waals surface area contributed by atoms with Crippen molar-refractivity contribution in [2.75, 3.05) is 50.7 Å². The van der Waals surface area contributed by atoms with Crippen LogP contribution in [0.4, 0.5) is 5.13 Å². The van der Waals surface area contributed by atoms with Crippen molar-refractivity contribution < 1.29 is 0 Å². The normalized spacial score (nSPS) is 16.4. The van der Waals surface area contributed by atoms with Gasteiger partial charge in [0.25, 0.3) is 0 Å². The third-order valence-corrected chi connectivity index (χ3v) is 4.80. The largest absolute Gasteiger partial charge is 0.357 e. The molecule has 1 aromatic heterocycles. The first kappa shape index (κ1) is 19.9. The molecule has 0 atom stereocenters. The molecule has 0 bridgehead atoms. The molecule has 0 radical (unpaired) electrons. The van der Waals surface area contributed by atoms with Gasteiger partial charge in [-0.05, 0) is 27.7 Å². The lowest BCUT2D eigenvalue weighted by Gasteiger charge is -2.36. The van der Waals surface area contributed by atoms with E-state index in [4.69, 9.17) is 4.99 Å². The second kappa shape index (κ2) is 9.33. The van der Waals surface area contributed by atoms with Crippen LogP contribution < -0.4 is 15.5 Å². The van der Waals surface area contributed by atoms with E-state index in [0.29, 0.717) is 0 Å². The Kier molecular flexibility index (Phi) is 7.43. The summed E-state index contributed by atoms with van der Waals surface area (Å²) in [6.45, 7) is 17.2. The lowest BCUT2D eigenvalue weighted by atomic mass is 10.1. The van der Waals surface area contributed by atoms with Crippen LogP contribution in [0.3, 0.4) is 0 Å². The number of piperazine rings is 1. The van der Waals surface area contributed by atoms with Crippen molar-refractivity contribution in [2.45, 2.75) is 46.6 Å². The molecule has 0 aliphatic carbocycles. The van der Waals surface area contributed by atoms with Gasteiger partial charge in [-0.25, -0.2) is 4.98 Å². The summed E-state index contributed by atoms with van der Waals surface area (Å²) >= 11 is 1.51. The maximum Gasteiger partial charge on any atom is 0.205 e. The third-order valence-electron chi connectivity index (χ3n) is 3.99. The van der Waals surface area contributed by atoms with Crippen LogP contribution in [0.15, 0.2) is 4.99 Å². The van der Waals surface area contributed by atoms with Crippen LogP contribution in [-0.2, 0) is 6.42 Å². The number of aromatic nitrogens is 2. The zero-order chi connectivity index (χ0) is 18.3. The first-order valence-electron chi connectivity index (χ1n) is 9.28. The minimum absolute atomic E-state index is 0.137. The number of nitrogens with zero attached hydrogens (tertiary/aromatic N) is 5. The van der Waals surface area contributed by atoms with Crippen molar-refractivity contribution >= 4 is 22.6 Å². The number of aryl methyl sites for hydroxylation is 1. The van der Waals surface area contributed by atoms with Crippen molar-refractivity contribution in [3.8, 4) is 0 Å². The van der Waals surface area contributed by atoms with Gasteiger partial charge in [0, 0.05) is 62.8 Å². The maximum atomic E-state index is 4.78. The molecule has 0 saturated carbocycles. The summed E-state index contributed by atoms with van der Waals surface area (Å²) in [6, 6.07) is 0. The molecule has 8 heteroatoms. The Balaban J connectivity index is 1.86. The Labute approximate surface area is 156 Å². The SMILES string of the molecule is CCNC(=NCCNC(C)(C)C)N1CCN(c2nc(CC)ns2)CC1. The molecule has 1 aliphatic rings. The zero-order valence-electron chi connectivity index (χ0n) is 16.3. The highest BCUT2D eigenvalue weighted by Crippen LogP contribution is 2.19. The second-order valence-corrected chi connectivity index (χ2v) is 7.96. The van der Waals surface area contributed by atoms with Gasteiger partial charge in [-0.15, -0.1) is 0 Å². The van der Waals surface area contributed by atoms with Gasteiger partial charge in [0.2, 0.25) is 5.13 Å². The van der Waals surface area contributed by atoms with E-state index in [1.54, 1.807) is 0 Å². The number of guanidine groups is 1. The fourth-order valence-corrected chi connectivity index (χ4v) is 3.45. The monoisotopic (exact) mass is 367 g/mol. The molecule has 2 heterocycles. The van der Waals surface area contributed by atoms with Crippen LogP contribution in [0.2, 0.25) is 0 Å². The van der Waals surface area contributed by atoms with Gasteiger partial charge in [0.1, 0.15) is 5.82 Å². The zero-order valence-corrected chi connectivity index (χ0v) is 17.1. The highest BCUT2D eigenvalue weighted by Gasteiger charge is 2.22. The minimum atomic E-state index is 0.137. The van der Waals surface area contributed by atoms with Gasteiger partial charge in [-0.3, -0.25) is 4.99 Å². The Bertz CT molecular complexity index is 541. The smallest absolute Gasteiger partial charge is 0.205 e. The molecule has 25 heavy (non-hydrogen) atoms. The van der Waals surface area contributed by atoms with Crippen LogP contribution in [0.1, 0.15) is 40.4 Å². The first-order chi connectivity index (χ1) is 11.9. The second-order valence-electron chi connectivity index (χ2n) is 7.23. The summed E-state index contributed by atoms with van der Waals surface area (Å²) in [4.78, 5) is 14.1. The highest BCUT2D eigenvalue weighted by atomic mass is 32.1. The summed E-state index contributed by atoms with van der Waals surface area (Å²) in [6.07, 6.45) is 0.899. The van der Waals surface area contributed by atoms with Crippen molar-refractivity contribution in [2.24, 2.45) is 4.99 Å². The average molecular weight is 368 g/mol. The number of anilines is 1. The van der Waals surface area contributed by atoms with Crippen LogP contribution in [0.25, 0.3) is 0 Å². The van der Waals surface area contributed by atoms with Crippen molar-refractivity contribution in [3.05, 3.63) is 5.82 Å². The number of hydrogen-bond donors (Lipinski definition) is 2. The molecule has 0 aromatic carbocycles. The molecule has 0 amide bonds. The van der Waals surface area contributed by atoms with E-state index in [1.807, 2.05) is 0 Å². The topological polar surface area (TPSA) is 68.7 Å². The summed E-state index contributed by atoms with van der Waals surface area (Å²) in [5, 5.41) is 7.95. The van der Waals surface area contributed by atoms with Gasteiger partial charge >= 0.3 is 0 Å². The Morgan fingerprint density at radius 2 is 1.92 bits per heavy atom. The van der Waals surface area contributed by atoms with Crippen molar-refractivity contribution in [3.63, 3.8) is 0 Å². The van der Waals surface area contributed by atoms with Gasteiger partial charge < -0.3 is 20.4 Å². The summed E-state index contributed by atoms with van der Waals surface area (Å²) in [5.41, 5.74) is 0.137. The van der Waals surface area contributed by atoms with E-state index in [1.165, 1.54) is 11.5 Å². The van der Waals surface area contributed by atoms with E-state index in [-0.39, 0.29) is 5.54 Å². The summed E-state index contributed by atoms with van der Waals surface area (Å²) in [7, 11) is 0. The molecule has 2 rings (SSSR count). The van der Waals surface area contributed by atoms with Gasteiger partial charge in [0.05, 0.1) is 6.54 Å². The number of aliphatic imine (C=N–C) groups is 1.